The highest BCUT2D eigenvalue weighted by atomic mass is 31.1. The number of carbonyl (C=O) groups is 2. The lowest BCUT2D eigenvalue weighted by molar-refractivity contribution is -0.163. The Morgan fingerprint density at radius 3 is 2.40 bits per heavy atom. The summed E-state index contributed by atoms with van der Waals surface area (Å²) in [5.41, 5.74) is 0. The Hall–Kier alpha value is -1.00. The summed E-state index contributed by atoms with van der Waals surface area (Å²) in [6, 6.07) is 0. The zero-order chi connectivity index (χ0) is 11.8. The first-order chi connectivity index (χ1) is 7.01. The van der Waals surface area contributed by atoms with Gasteiger partial charge in [-0.25, -0.2) is 4.79 Å². The van der Waals surface area contributed by atoms with Crippen molar-refractivity contribution >= 4 is 20.0 Å². The number of ether oxygens (including phenoxy) is 2. The molecule has 0 amide bonds. The summed E-state index contributed by atoms with van der Waals surface area (Å²) in [7, 11) is -0.858. The van der Waals surface area contributed by atoms with Crippen molar-refractivity contribution < 1.29 is 28.2 Å². The molecule has 86 valence electrons. The van der Waals surface area contributed by atoms with E-state index in [4.69, 9.17) is 4.52 Å². The van der Waals surface area contributed by atoms with Gasteiger partial charge in [0.15, 0.2) is 0 Å². The average Bonchev–Trinajstić information content (AvgIpc) is 2.15. The van der Waals surface area contributed by atoms with Gasteiger partial charge in [0.2, 0.25) is 12.3 Å². The van der Waals surface area contributed by atoms with Crippen LogP contribution in [0.3, 0.4) is 0 Å². The van der Waals surface area contributed by atoms with E-state index in [1.54, 1.807) is 6.92 Å². The maximum atomic E-state index is 11.2. The summed E-state index contributed by atoms with van der Waals surface area (Å²) in [6.07, 6.45) is -1.35. The van der Waals surface area contributed by atoms with Crippen molar-refractivity contribution in [1.29, 1.82) is 0 Å². The van der Waals surface area contributed by atoms with E-state index in [0.29, 0.717) is 0 Å². The fraction of sp³-hybridized carbons (Fsp3) is 0.750. The maximum absolute atomic E-state index is 11.2. The van der Waals surface area contributed by atoms with E-state index in [1.807, 2.05) is 0 Å². The number of methoxy groups -OCH3 is 1. The maximum Gasteiger partial charge on any atom is 0.512 e. The highest BCUT2D eigenvalue weighted by Crippen LogP contribution is 2.24. The van der Waals surface area contributed by atoms with Crippen molar-refractivity contribution in [1.82, 2.24) is 0 Å². The van der Waals surface area contributed by atoms with Crippen LogP contribution in [0.25, 0.3) is 0 Å². The minimum Gasteiger partial charge on any atom is -0.466 e. The molecule has 0 radical (unpaired) electrons. The van der Waals surface area contributed by atoms with E-state index in [9.17, 15) is 14.2 Å². The van der Waals surface area contributed by atoms with Gasteiger partial charge in [-0.1, -0.05) is 0 Å². The van der Waals surface area contributed by atoms with Gasteiger partial charge in [-0.3, -0.25) is 4.79 Å². The van der Waals surface area contributed by atoms with Gasteiger partial charge in [0.05, 0.1) is 13.7 Å². The van der Waals surface area contributed by atoms with Crippen LogP contribution in [-0.4, -0.2) is 37.9 Å². The van der Waals surface area contributed by atoms with Crippen molar-refractivity contribution in [2.75, 3.05) is 19.9 Å². The summed E-state index contributed by atoms with van der Waals surface area (Å²) in [6.45, 7) is 3.10. The molecule has 0 aliphatic carbocycles. The monoisotopic (exact) mass is 237 g/mol. The van der Waals surface area contributed by atoms with Crippen molar-refractivity contribution in [3.8, 4) is 0 Å². The molecule has 0 saturated carbocycles. The number of esters is 2. The van der Waals surface area contributed by atoms with Gasteiger partial charge in [-0.2, -0.15) is 0 Å². The summed E-state index contributed by atoms with van der Waals surface area (Å²) < 4.78 is 25.0. The molecule has 2 atom stereocenters. The molecule has 0 aliphatic rings. The Kier molecular flexibility index (Phi) is 6.83. The van der Waals surface area contributed by atoms with Crippen molar-refractivity contribution in [3.05, 3.63) is 0 Å². The van der Waals surface area contributed by atoms with Crippen LogP contribution < -0.4 is 0 Å². The van der Waals surface area contributed by atoms with Crippen LogP contribution in [0.15, 0.2) is 0 Å². The average molecular weight is 237 g/mol. The molecular weight excluding hydrogens is 223 g/mol. The molecule has 0 bridgehead atoms. The molecule has 15 heavy (non-hydrogen) atoms. The van der Waals surface area contributed by atoms with Crippen LogP contribution in [0, 0.1) is 0 Å². The van der Waals surface area contributed by atoms with Gasteiger partial charge >= 0.3 is 20.0 Å². The summed E-state index contributed by atoms with van der Waals surface area (Å²) >= 11 is 0. The SMILES string of the molecule is CCO[P+](=O)CC(OC(C)=O)C(=O)OC. The molecule has 7 heteroatoms. The molecule has 0 rings (SSSR count). The molecule has 0 N–H and O–H groups in total. The quantitative estimate of drug-likeness (QED) is 0.503. The van der Waals surface area contributed by atoms with Crippen LogP contribution in [0.2, 0.25) is 0 Å². The second-order valence-electron chi connectivity index (χ2n) is 2.55. The second kappa shape index (κ2) is 7.31. The van der Waals surface area contributed by atoms with E-state index in [-0.39, 0.29) is 12.8 Å². The van der Waals surface area contributed by atoms with Gasteiger partial charge in [-0.15, -0.1) is 4.52 Å². The van der Waals surface area contributed by atoms with Crippen LogP contribution in [0.1, 0.15) is 13.8 Å². The molecule has 0 fully saturated rings. The Morgan fingerprint density at radius 1 is 1.40 bits per heavy atom. The molecule has 0 aromatic carbocycles. The predicted octanol–water partition coefficient (Wildman–Crippen LogP) is 0.870. The van der Waals surface area contributed by atoms with Crippen LogP contribution in [-0.2, 0) is 28.2 Å². The first-order valence-electron chi connectivity index (χ1n) is 4.33. The van der Waals surface area contributed by atoms with Gasteiger partial charge in [0, 0.05) is 6.92 Å². The van der Waals surface area contributed by atoms with E-state index in [0.717, 1.165) is 14.0 Å². The molecule has 0 aromatic rings. The Labute approximate surface area is 88.7 Å². The van der Waals surface area contributed by atoms with E-state index in [2.05, 4.69) is 9.47 Å². The Morgan fingerprint density at radius 2 is 2.00 bits per heavy atom. The van der Waals surface area contributed by atoms with E-state index in [1.165, 1.54) is 0 Å². The largest absolute Gasteiger partial charge is 0.512 e. The Bertz CT molecular complexity index is 252. The summed E-state index contributed by atoms with van der Waals surface area (Å²) in [4.78, 5) is 21.8. The van der Waals surface area contributed by atoms with Crippen LogP contribution >= 0.6 is 8.03 Å². The lowest BCUT2D eigenvalue weighted by Crippen LogP contribution is -2.30. The topological polar surface area (TPSA) is 78.9 Å². The first kappa shape index (κ1) is 14.0. The number of hydrogen-bond donors (Lipinski definition) is 0. The summed E-state index contributed by atoms with van der Waals surface area (Å²) in [5.74, 6) is -1.38. The Balaban J connectivity index is 4.30. The molecule has 0 heterocycles. The lowest BCUT2D eigenvalue weighted by atomic mass is 10.4. The fourth-order valence-corrected chi connectivity index (χ4v) is 1.71. The second-order valence-corrected chi connectivity index (χ2v) is 3.84. The van der Waals surface area contributed by atoms with Crippen LogP contribution in [0.4, 0.5) is 0 Å². The summed E-state index contributed by atoms with van der Waals surface area (Å²) in [5, 5.41) is 0. The minimum absolute atomic E-state index is 0.185. The highest BCUT2D eigenvalue weighted by molar-refractivity contribution is 7.39. The third-order valence-corrected chi connectivity index (χ3v) is 2.54. The zero-order valence-electron chi connectivity index (χ0n) is 8.89. The fourth-order valence-electron chi connectivity index (χ4n) is 0.824. The molecule has 0 spiro atoms. The predicted molar refractivity (Wildman–Crippen MR) is 51.7 cm³/mol. The third-order valence-electron chi connectivity index (χ3n) is 1.36. The van der Waals surface area contributed by atoms with E-state index >= 15 is 0 Å². The highest BCUT2D eigenvalue weighted by Gasteiger charge is 2.33. The lowest BCUT2D eigenvalue weighted by Gasteiger charge is -2.08. The van der Waals surface area contributed by atoms with Gasteiger partial charge in [-0.05, 0) is 11.5 Å². The number of hydrogen-bond acceptors (Lipinski definition) is 6. The van der Waals surface area contributed by atoms with Gasteiger partial charge < -0.3 is 9.47 Å². The number of carbonyl (C=O) groups excluding carboxylic acids is 2. The van der Waals surface area contributed by atoms with Crippen molar-refractivity contribution in [3.63, 3.8) is 0 Å². The van der Waals surface area contributed by atoms with Crippen molar-refractivity contribution in [2.45, 2.75) is 20.0 Å². The molecule has 2 unspecified atom stereocenters. The molecular formula is C8H14O6P+. The molecule has 6 nitrogen and oxygen atoms in total. The number of rotatable bonds is 6. The normalized spacial score (nSPS) is 12.9. The van der Waals surface area contributed by atoms with Gasteiger partial charge in [0.25, 0.3) is 0 Å². The first-order valence-corrected chi connectivity index (χ1v) is 5.70. The molecule has 0 saturated heterocycles. The molecule has 0 aliphatic heterocycles. The molecule has 0 aromatic heterocycles. The zero-order valence-corrected chi connectivity index (χ0v) is 9.78. The standard InChI is InChI=1S/C8H14O6P/c1-4-13-15(11)5-7(8(10)12-3)14-6(2)9/h7H,4-5H2,1-3H3/q+1. The van der Waals surface area contributed by atoms with Gasteiger partial charge in [0.1, 0.15) is 0 Å². The van der Waals surface area contributed by atoms with Crippen LogP contribution in [0.5, 0.6) is 0 Å². The minimum atomic E-state index is -2.02. The third kappa shape index (κ3) is 6.14. The smallest absolute Gasteiger partial charge is 0.466 e. The van der Waals surface area contributed by atoms with E-state index < -0.39 is 26.1 Å². The van der Waals surface area contributed by atoms with Crippen molar-refractivity contribution in [2.24, 2.45) is 0 Å².